The Morgan fingerprint density at radius 1 is 0.971 bits per heavy atom. The highest BCUT2D eigenvalue weighted by atomic mass is 35.5. The van der Waals surface area contributed by atoms with Crippen molar-refractivity contribution in [3.63, 3.8) is 0 Å². The molecule has 2 amide bonds. The molecule has 2 N–H and O–H groups in total. The van der Waals surface area contributed by atoms with Gasteiger partial charge in [-0.3, -0.25) is 9.59 Å². The maximum atomic E-state index is 12.2. The molecular weight excluding hydrogens is 466 g/mol. The van der Waals surface area contributed by atoms with E-state index in [4.69, 9.17) is 21.1 Å². The fourth-order valence-electron chi connectivity index (χ4n) is 3.19. The number of nitrogens with one attached hydrogen (secondary N) is 2. The lowest BCUT2D eigenvalue weighted by molar-refractivity contribution is -0.124. The fraction of sp³-hybridized carbons (Fsp3) is 0.222. The molecule has 0 saturated heterocycles. The molecule has 0 bridgehead atoms. The number of amides is 2. The molecule has 0 fully saturated rings. The zero-order valence-electron chi connectivity index (χ0n) is 19.9. The first-order valence-electron chi connectivity index (χ1n) is 11.1. The van der Waals surface area contributed by atoms with Crippen LogP contribution in [0.4, 0.5) is 5.69 Å². The SMILES string of the molecule is COc1cc(C=NNC(=O)CCC(=O)Nc2cccc(C)c2C)ccc1OCc1ccc(Cl)cc1. The molecule has 0 radical (unpaired) electrons. The van der Waals surface area contributed by atoms with Gasteiger partial charge in [-0.2, -0.15) is 5.10 Å². The minimum absolute atomic E-state index is 0.0227. The van der Waals surface area contributed by atoms with Gasteiger partial charge in [0.05, 0.1) is 13.3 Å². The number of hydrogen-bond acceptors (Lipinski definition) is 5. The maximum absolute atomic E-state index is 12.2. The van der Waals surface area contributed by atoms with Crippen molar-refractivity contribution in [2.24, 2.45) is 5.10 Å². The molecule has 0 heterocycles. The molecule has 0 unspecified atom stereocenters. The Balaban J connectivity index is 1.47. The fourth-order valence-corrected chi connectivity index (χ4v) is 3.31. The summed E-state index contributed by atoms with van der Waals surface area (Å²) in [6.45, 7) is 4.29. The van der Waals surface area contributed by atoms with Gasteiger partial charge in [0.25, 0.3) is 0 Å². The summed E-state index contributed by atoms with van der Waals surface area (Å²) in [6, 6.07) is 18.4. The summed E-state index contributed by atoms with van der Waals surface area (Å²) < 4.78 is 11.3. The van der Waals surface area contributed by atoms with Gasteiger partial charge in [0.15, 0.2) is 11.5 Å². The Morgan fingerprint density at radius 3 is 2.46 bits per heavy atom. The molecule has 8 heteroatoms. The molecule has 0 atom stereocenters. The van der Waals surface area contributed by atoms with E-state index in [9.17, 15) is 9.59 Å². The lowest BCUT2D eigenvalue weighted by atomic mass is 10.1. The predicted molar refractivity (Wildman–Crippen MR) is 138 cm³/mol. The van der Waals surface area contributed by atoms with Crippen molar-refractivity contribution in [1.82, 2.24) is 5.43 Å². The van der Waals surface area contributed by atoms with Gasteiger partial charge in [-0.05, 0) is 72.5 Å². The second kappa shape index (κ2) is 12.6. The zero-order valence-corrected chi connectivity index (χ0v) is 20.7. The monoisotopic (exact) mass is 493 g/mol. The molecule has 3 rings (SSSR count). The first-order chi connectivity index (χ1) is 16.9. The summed E-state index contributed by atoms with van der Waals surface area (Å²) in [6.07, 6.45) is 1.58. The van der Waals surface area contributed by atoms with Crippen LogP contribution in [0.5, 0.6) is 11.5 Å². The van der Waals surface area contributed by atoms with Crippen LogP contribution in [0.1, 0.15) is 35.1 Å². The van der Waals surface area contributed by atoms with Crippen molar-refractivity contribution in [3.8, 4) is 11.5 Å². The van der Waals surface area contributed by atoms with E-state index in [-0.39, 0.29) is 24.7 Å². The van der Waals surface area contributed by atoms with Crippen LogP contribution in [-0.2, 0) is 16.2 Å². The average molecular weight is 494 g/mol. The van der Waals surface area contributed by atoms with Gasteiger partial charge in [0, 0.05) is 23.6 Å². The van der Waals surface area contributed by atoms with E-state index in [2.05, 4.69) is 15.8 Å². The highest BCUT2D eigenvalue weighted by molar-refractivity contribution is 6.30. The Bertz CT molecular complexity index is 1210. The number of ether oxygens (including phenoxy) is 2. The number of anilines is 1. The molecule has 3 aromatic rings. The molecule has 182 valence electrons. The van der Waals surface area contributed by atoms with Crippen molar-refractivity contribution in [2.75, 3.05) is 12.4 Å². The van der Waals surface area contributed by atoms with E-state index < -0.39 is 0 Å². The van der Waals surface area contributed by atoms with Crippen LogP contribution in [0, 0.1) is 13.8 Å². The number of methoxy groups -OCH3 is 1. The standard InChI is InChI=1S/C27H28ClN3O4/c1-18-5-4-6-23(19(18)2)30-26(32)13-14-27(33)31-29-16-21-9-12-24(25(15-21)34-3)35-17-20-7-10-22(28)11-8-20/h4-12,15-16H,13-14,17H2,1-3H3,(H,30,32)(H,31,33). The number of hydrogen-bond donors (Lipinski definition) is 2. The van der Waals surface area contributed by atoms with Crippen molar-refractivity contribution in [1.29, 1.82) is 0 Å². The molecular formula is C27H28ClN3O4. The Hall–Kier alpha value is -3.84. The van der Waals surface area contributed by atoms with Crippen LogP contribution in [0.25, 0.3) is 0 Å². The average Bonchev–Trinajstić information content (AvgIpc) is 2.85. The number of halogens is 1. The summed E-state index contributed by atoms with van der Waals surface area (Å²) in [7, 11) is 1.55. The number of rotatable bonds is 10. The van der Waals surface area contributed by atoms with Crippen LogP contribution in [0.3, 0.4) is 0 Å². The number of aryl methyl sites for hydroxylation is 1. The largest absolute Gasteiger partial charge is 0.493 e. The molecule has 0 aliphatic heterocycles. The summed E-state index contributed by atoms with van der Waals surface area (Å²) in [5.41, 5.74) is 6.99. The third kappa shape index (κ3) is 7.86. The minimum Gasteiger partial charge on any atom is -0.493 e. The Kier molecular flexibility index (Phi) is 9.26. The molecule has 0 aliphatic rings. The number of carbonyl (C=O) groups is 2. The smallest absolute Gasteiger partial charge is 0.240 e. The van der Waals surface area contributed by atoms with Crippen molar-refractivity contribution < 1.29 is 19.1 Å². The topological polar surface area (TPSA) is 89.0 Å². The van der Waals surface area contributed by atoms with Crippen molar-refractivity contribution in [3.05, 3.63) is 87.9 Å². The summed E-state index contributed by atoms with van der Waals surface area (Å²) in [4.78, 5) is 24.2. The third-order valence-electron chi connectivity index (χ3n) is 5.36. The molecule has 0 aromatic heterocycles. The van der Waals surface area contributed by atoms with E-state index in [0.29, 0.717) is 28.7 Å². The first kappa shape index (κ1) is 25.8. The highest BCUT2D eigenvalue weighted by Gasteiger charge is 2.09. The van der Waals surface area contributed by atoms with Gasteiger partial charge in [-0.1, -0.05) is 35.9 Å². The number of benzene rings is 3. The molecule has 35 heavy (non-hydrogen) atoms. The predicted octanol–water partition coefficient (Wildman–Crippen LogP) is 5.41. The van der Waals surface area contributed by atoms with Gasteiger partial charge in [-0.15, -0.1) is 0 Å². The van der Waals surface area contributed by atoms with Gasteiger partial charge >= 0.3 is 0 Å². The Morgan fingerprint density at radius 2 is 1.71 bits per heavy atom. The van der Waals surface area contributed by atoms with Crippen LogP contribution >= 0.6 is 11.6 Å². The van der Waals surface area contributed by atoms with Crippen LogP contribution in [0.15, 0.2) is 65.8 Å². The minimum atomic E-state index is -0.354. The second-order valence-electron chi connectivity index (χ2n) is 7.91. The van der Waals surface area contributed by atoms with E-state index in [1.165, 1.54) is 6.21 Å². The second-order valence-corrected chi connectivity index (χ2v) is 8.35. The molecule has 3 aromatic carbocycles. The number of carbonyl (C=O) groups excluding carboxylic acids is 2. The molecule has 0 saturated carbocycles. The number of hydrazone groups is 1. The lowest BCUT2D eigenvalue weighted by Crippen LogP contribution is -2.21. The van der Waals surface area contributed by atoms with E-state index in [1.54, 1.807) is 25.3 Å². The van der Waals surface area contributed by atoms with Crippen molar-refractivity contribution in [2.45, 2.75) is 33.3 Å². The van der Waals surface area contributed by atoms with Gasteiger partial charge in [0.1, 0.15) is 6.61 Å². The quantitative estimate of drug-likeness (QED) is 0.292. The van der Waals surface area contributed by atoms with E-state index >= 15 is 0 Å². The maximum Gasteiger partial charge on any atom is 0.240 e. The zero-order chi connectivity index (χ0) is 25.2. The van der Waals surface area contributed by atoms with Crippen LogP contribution in [0.2, 0.25) is 5.02 Å². The van der Waals surface area contributed by atoms with Gasteiger partial charge < -0.3 is 14.8 Å². The lowest BCUT2D eigenvalue weighted by Gasteiger charge is -2.11. The summed E-state index contributed by atoms with van der Waals surface area (Å²) >= 11 is 5.91. The molecule has 0 aliphatic carbocycles. The van der Waals surface area contributed by atoms with Crippen molar-refractivity contribution >= 4 is 35.3 Å². The molecule has 0 spiro atoms. The third-order valence-corrected chi connectivity index (χ3v) is 5.61. The van der Waals surface area contributed by atoms with Crippen LogP contribution in [-0.4, -0.2) is 25.1 Å². The van der Waals surface area contributed by atoms with Crippen LogP contribution < -0.4 is 20.2 Å². The normalized spacial score (nSPS) is 10.7. The molecule has 7 nitrogen and oxygen atoms in total. The Labute approximate surface area is 210 Å². The summed E-state index contributed by atoms with van der Waals surface area (Å²) in [5, 5.41) is 7.48. The van der Waals surface area contributed by atoms with E-state index in [1.807, 2.05) is 56.3 Å². The number of nitrogens with zero attached hydrogens (tertiary/aromatic N) is 1. The highest BCUT2D eigenvalue weighted by Crippen LogP contribution is 2.28. The van der Waals surface area contributed by atoms with E-state index in [0.717, 1.165) is 22.4 Å². The van der Waals surface area contributed by atoms with Gasteiger partial charge in [0.2, 0.25) is 11.8 Å². The first-order valence-corrected chi connectivity index (χ1v) is 11.5. The van der Waals surface area contributed by atoms with Gasteiger partial charge in [-0.25, -0.2) is 5.43 Å². The summed E-state index contributed by atoms with van der Waals surface area (Å²) in [5.74, 6) is 0.542.